The Kier molecular flexibility index (Phi) is 4.96. The zero-order valence-electron chi connectivity index (χ0n) is 13.7. The Balaban J connectivity index is 1.60. The number of nitrogens with zero attached hydrogens (tertiary/aromatic N) is 3. The number of nitro benzene ring substituents is 1. The smallest absolute Gasteiger partial charge is 0.273 e. The van der Waals surface area contributed by atoms with Crippen LogP contribution in [0.5, 0.6) is 5.75 Å². The molecule has 3 rings (SSSR count). The predicted molar refractivity (Wildman–Crippen MR) is 93.6 cm³/mol. The van der Waals surface area contributed by atoms with Gasteiger partial charge in [0.1, 0.15) is 5.75 Å². The molecule has 0 atom stereocenters. The normalized spacial score (nSPS) is 15.3. The van der Waals surface area contributed by atoms with Gasteiger partial charge in [0.15, 0.2) is 0 Å². The number of methoxy groups -OCH3 is 1. The van der Waals surface area contributed by atoms with Crippen LogP contribution in [0.2, 0.25) is 0 Å². The minimum absolute atomic E-state index is 0.204. The lowest BCUT2D eigenvalue weighted by Crippen LogP contribution is -2.46. The van der Waals surface area contributed by atoms with Crippen LogP contribution in [0.4, 0.5) is 11.4 Å². The summed E-state index contributed by atoms with van der Waals surface area (Å²) in [6, 6.07) is 15.0. The Morgan fingerprint density at radius 2 is 1.71 bits per heavy atom. The molecule has 0 saturated carbocycles. The van der Waals surface area contributed by atoms with E-state index >= 15 is 0 Å². The minimum Gasteiger partial charge on any atom is -0.497 e. The van der Waals surface area contributed by atoms with E-state index in [0.717, 1.165) is 37.5 Å². The number of rotatable bonds is 5. The predicted octanol–water partition coefficient (Wildman–Crippen LogP) is 2.93. The van der Waals surface area contributed by atoms with Crippen molar-refractivity contribution in [2.24, 2.45) is 0 Å². The van der Waals surface area contributed by atoms with E-state index in [9.17, 15) is 10.1 Å². The molecule has 1 saturated heterocycles. The number of anilines is 1. The van der Waals surface area contributed by atoms with Crippen LogP contribution >= 0.6 is 0 Å². The first-order valence-electron chi connectivity index (χ1n) is 8.01. The Labute approximate surface area is 141 Å². The first kappa shape index (κ1) is 16.3. The highest BCUT2D eigenvalue weighted by Crippen LogP contribution is 2.23. The van der Waals surface area contributed by atoms with Gasteiger partial charge in [0.05, 0.1) is 12.0 Å². The second-order valence-corrected chi connectivity index (χ2v) is 5.85. The first-order chi connectivity index (χ1) is 11.7. The summed E-state index contributed by atoms with van der Waals surface area (Å²) >= 11 is 0. The molecule has 1 aliphatic rings. The summed E-state index contributed by atoms with van der Waals surface area (Å²) in [4.78, 5) is 15.4. The van der Waals surface area contributed by atoms with Crippen LogP contribution in [-0.4, -0.2) is 43.1 Å². The second-order valence-electron chi connectivity index (χ2n) is 5.85. The van der Waals surface area contributed by atoms with Gasteiger partial charge in [0, 0.05) is 50.0 Å². The molecule has 0 N–H and O–H groups in total. The van der Waals surface area contributed by atoms with Crippen LogP contribution in [0, 0.1) is 10.1 Å². The van der Waals surface area contributed by atoms with Crippen molar-refractivity contribution in [1.29, 1.82) is 0 Å². The molecular formula is C18H21N3O3. The molecule has 6 nitrogen and oxygen atoms in total. The number of nitro groups is 1. The number of piperazine rings is 1. The maximum atomic E-state index is 11.1. The van der Waals surface area contributed by atoms with Crippen molar-refractivity contribution >= 4 is 11.4 Å². The second kappa shape index (κ2) is 7.31. The number of para-hydroxylation sites is 1. The van der Waals surface area contributed by atoms with Gasteiger partial charge in [-0.1, -0.05) is 18.2 Å². The van der Waals surface area contributed by atoms with E-state index in [-0.39, 0.29) is 10.6 Å². The molecule has 2 aromatic rings. The van der Waals surface area contributed by atoms with Crippen LogP contribution in [-0.2, 0) is 6.54 Å². The molecule has 0 bridgehead atoms. The fourth-order valence-electron chi connectivity index (χ4n) is 3.02. The van der Waals surface area contributed by atoms with Gasteiger partial charge in [-0.3, -0.25) is 15.0 Å². The van der Waals surface area contributed by atoms with Crippen molar-refractivity contribution in [1.82, 2.24) is 4.90 Å². The van der Waals surface area contributed by atoms with Crippen molar-refractivity contribution in [2.45, 2.75) is 6.54 Å². The quantitative estimate of drug-likeness (QED) is 0.624. The summed E-state index contributed by atoms with van der Waals surface area (Å²) in [7, 11) is 1.66. The Bertz CT molecular complexity index is 695. The highest BCUT2D eigenvalue weighted by Gasteiger charge is 2.20. The SMILES string of the molecule is COc1ccc(N2CCN(Cc3ccccc3[N+](=O)[O-])CC2)cc1. The van der Waals surface area contributed by atoms with E-state index in [0.29, 0.717) is 6.54 Å². The fraction of sp³-hybridized carbons (Fsp3) is 0.333. The molecule has 126 valence electrons. The molecular weight excluding hydrogens is 306 g/mol. The molecule has 0 unspecified atom stereocenters. The van der Waals surface area contributed by atoms with Gasteiger partial charge in [-0.2, -0.15) is 0 Å². The highest BCUT2D eigenvalue weighted by atomic mass is 16.6. The summed E-state index contributed by atoms with van der Waals surface area (Å²) in [6.45, 7) is 4.21. The number of benzene rings is 2. The standard InChI is InChI=1S/C18H21N3O3/c1-24-17-8-6-16(7-9-17)20-12-10-19(11-13-20)14-15-4-2-3-5-18(15)21(22)23/h2-9H,10-14H2,1H3. The third-order valence-corrected chi connectivity index (χ3v) is 4.39. The van der Waals surface area contributed by atoms with Gasteiger partial charge in [-0.15, -0.1) is 0 Å². The molecule has 0 aliphatic carbocycles. The number of hydrogen-bond donors (Lipinski definition) is 0. The van der Waals surface area contributed by atoms with Crippen molar-refractivity contribution in [3.05, 3.63) is 64.2 Å². The lowest BCUT2D eigenvalue weighted by Gasteiger charge is -2.36. The van der Waals surface area contributed by atoms with Gasteiger partial charge in [-0.05, 0) is 24.3 Å². The molecule has 6 heteroatoms. The minimum atomic E-state index is -0.303. The molecule has 0 spiro atoms. The van der Waals surface area contributed by atoms with Crippen LogP contribution in [0.1, 0.15) is 5.56 Å². The van der Waals surface area contributed by atoms with E-state index in [1.54, 1.807) is 19.2 Å². The van der Waals surface area contributed by atoms with Gasteiger partial charge in [0.25, 0.3) is 5.69 Å². The summed E-state index contributed by atoms with van der Waals surface area (Å²) in [5.41, 5.74) is 2.16. The number of hydrogen-bond acceptors (Lipinski definition) is 5. The van der Waals surface area contributed by atoms with E-state index in [4.69, 9.17) is 4.74 Å². The van der Waals surface area contributed by atoms with Crippen LogP contribution < -0.4 is 9.64 Å². The topological polar surface area (TPSA) is 58.8 Å². The molecule has 0 aromatic heterocycles. The average molecular weight is 327 g/mol. The van der Waals surface area contributed by atoms with Gasteiger partial charge in [0.2, 0.25) is 0 Å². The summed E-state index contributed by atoms with van der Waals surface area (Å²) < 4.78 is 5.19. The zero-order valence-corrected chi connectivity index (χ0v) is 13.7. The fourth-order valence-corrected chi connectivity index (χ4v) is 3.02. The average Bonchev–Trinajstić information content (AvgIpc) is 2.63. The Morgan fingerprint density at radius 1 is 1.04 bits per heavy atom. The van der Waals surface area contributed by atoms with Gasteiger partial charge >= 0.3 is 0 Å². The van der Waals surface area contributed by atoms with Gasteiger partial charge < -0.3 is 9.64 Å². The van der Waals surface area contributed by atoms with Crippen molar-refractivity contribution in [2.75, 3.05) is 38.2 Å². The van der Waals surface area contributed by atoms with Crippen molar-refractivity contribution < 1.29 is 9.66 Å². The van der Waals surface area contributed by atoms with Crippen LogP contribution in [0.15, 0.2) is 48.5 Å². The molecule has 1 aliphatic heterocycles. The molecule has 2 aromatic carbocycles. The van der Waals surface area contributed by atoms with Crippen LogP contribution in [0.25, 0.3) is 0 Å². The largest absolute Gasteiger partial charge is 0.497 e. The maximum absolute atomic E-state index is 11.1. The van der Waals surface area contributed by atoms with E-state index in [1.165, 1.54) is 5.69 Å². The lowest BCUT2D eigenvalue weighted by atomic mass is 10.1. The Hall–Kier alpha value is -2.60. The van der Waals surface area contributed by atoms with Crippen molar-refractivity contribution in [3.63, 3.8) is 0 Å². The lowest BCUT2D eigenvalue weighted by molar-refractivity contribution is -0.385. The molecule has 0 radical (unpaired) electrons. The van der Waals surface area contributed by atoms with Gasteiger partial charge in [-0.25, -0.2) is 0 Å². The number of ether oxygens (including phenoxy) is 1. The van der Waals surface area contributed by atoms with Crippen LogP contribution in [0.3, 0.4) is 0 Å². The van der Waals surface area contributed by atoms with Crippen molar-refractivity contribution in [3.8, 4) is 5.75 Å². The third-order valence-electron chi connectivity index (χ3n) is 4.39. The monoisotopic (exact) mass is 327 g/mol. The van der Waals surface area contributed by atoms with E-state index < -0.39 is 0 Å². The molecule has 1 heterocycles. The zero-order chi connectivity index (χ0) is 16.9. The molecule has 1 fully saturated rings. The van der Waals surface area contributed by atoms with E-state index in [1.807, 2.05) is 24.3 Å². The molecule has 24 heavy (non-hydrogen) atoms. The summed E-state index contributed by atoms with van der Waals surface area (Å²) in [5, 5.41) is 11.1. The van der Waals surface area contributed by atoms with E-state index in [2.05, 4.69) is 21.9 Å². The Morgan fingerprint density at radius 3 is 2.33 bits per heavy atom. The summed E-state index contributed by atoms with van der Waals surface area (Å²) in [5.74, 6) is 0.855. The summed E-state index contributed by atoms with van der Waals surface area (Å²) in [6.07, 6.45) is 0. The third kappa shape index (κ3) is 3.65. The highest BCUT2D eigenvalue weighted by molar-refractivity contribution is 5.49. The molecule has 0 amide bonds. The maximum Gasteiger partial charge on any atom is 0.273 e. The first-order valence-corrected chi connectivity index (χ1v) is 8.01.